The van der Waals surface area contributed by atoms with Crippen LogP contribution in [0.1, 0.15) is 284 Å². The minimum Gasteiger partial charge on any atom is -0.477 e. The lowest BCUT2D eigenvalue weighted by Crippen LogP contribution is -2.40. The van der Waals surface area contributed by atoms with Gasteiger partial charge in [0.05, 0.1) is 34.4 Å². The summed E-state index contributed by atoms with van der Waals surface area (Å²) in [7, 11) is 5.97. The quantitative estimate of drug-likeness (QED) is 0.0211. The standard InChI is InChI=1S/C82H135NO8/c1-6-8-10-12-14-16-18-20-22-24-26-28-30-32-34-36-38-39-40-41-43-45-47-49-51-53-55-57-59-61-63-65-67-69-71-73-80(85)91-78(77-90-82(81(86)87)88-75-74-83(3,4)5)76-89-79(84)72-70-68-66-64-62-60-58-56-54-52-50-48-46-44-42-37-35-33-31-29-27-25-23-21-19-17-15-13-11-9-7-2/h8-11,14-17,20-23,26-29,32-35,38-39,41-44,78,82H,6-7,12-13,18-19,24-25,30-31,36-37,40,45-77H2,1-5H3/p+1/b10-8-,11-9-,16-14-,17-15-,22-20-,23-21-,28-26-,29-27-,34-32-,35-33-,39-38-,43-41-,44-42-. The van der Waals surface area contributed by atoms with Crippen LogP contribution in [0.25, 0.3) is 0 Å². The Morgan fingerprint density at radius 2 is 0.593 bits per heavy atom. The molecule has 0 aromatic rings. The molecular formula is C82H136NO8+. The number of aliphatic carboxylic acids is 1. The van der Waals surface area contributed by atoms with E-state index in [0.717, 1.165) is 122 Å². The third kappa shape index (κ3) is 72.2. The van der Waals surface area contributed by atoms with E-state index in [0.29, 0.717) is 23.9 Å². The van der Waals surface area contributed by atoms with Crippen molar-refractivity contribution in [1.82, 2.24) is 0 Å². The van der Waals surface area contributed by atoms with Gasteiger partial charge < -0.3 is 28.5 Å². The average molecular weight is 1260 g/mol. The monoisotopic (exact) mass is 1260 g/mol. The molecule has 0 saturated carbocycles. The van der Waals surface area contributed by atoms with E-state index in [1.165, 1.54) is 128 Å². The van der Waals surface area contributed by atoms with Gasteiger partial charge >= 0.3 is 17.9 Å². The molecule has 0 saturated heterocycles. The van der Waals surface area contributed by atoms with Crippen molar-refractivity contribution < 1.29 is 42.9 Å². The smallest absolute Gasteiger partial charge is 0.361 e. The maximum Gasteiger partial charge on any atom is 0.361 e. The van der Waals surface area contributed by atoms with E-state index in [-0.39, 0.29) is 32.2 Å². The second-order valence-electron chi connectivity index (χ2n) is 25.1. The fourth-order valence-corrected chi connectivity index (χ4v) is 9.76. The van der Waals surface area contributed by atoms with Gasteiger partial charge in [-0.05, 0) is 122 Å². The summed E-state index contributed by atoms with van der Waals surface area (Å²) in [5.74, 6) is -2.01. The molecule has 0 bridgehead atoms. The first-order valence-electron chi connectivity index (χ1n) is 36.6. The Morgan fingerprint density at radius 3 is 0.879 bits per heavy atom. The van der Waals surface area contributed by atoms with Crippen LogP contribution in [0.4, 0.5) is 0 Å². The number of likely N-dealkylation sites (N-methyl/N-ethyl adjacent to an activating group) is 1. The lowest BCUT2D eigenvalue weighted by atomic mass is 10.0. The summed E-state index contributed by atoms with van der Waals surface area (Å²) < 4.78 is 23.0. The minimum absolute atomic E-state index is 0.181. The summed E-state index contributed by atoms with van der Waals surface area (Å²) >= 11 is 0. The fourth-order valence-electron chi connectivity index (χ4n) is 9.76. The fraction of sp³-hybridized carbons (Fsp3) is 0.646. The Hall–Kier alpha value is -5.09. The van der Waals surface area contributed by atoms with E-state index < -0.39 is 24.3 Å². The number of carbonyl (C=O) groups is 3. The number of allylic oxidation sites excluding steroid dienone is 26. The third-order valence-electron chi connectivity index (χ3n) is 15.3. The topological polar surface area (TPSA) is 108 Å². The highest BCUT2D eigenvalue weighted by molar-refractivity contribution is 5.71. The summed E-state index contributed by atoms with van der Waals surface area (Å²) in [5, 5.41) is 9.76. The number of esters is 2. The van der Waals surface area contributed by atoms with Crippen LogP contribution in [0, 0.1) is 0 Å². The van der Waals surface area contributed by atoms with Crippen molar-refractivity contribution in [2.24, 2.45) is 0 Å². The SMILES string of the molecule is CC/C=C\C/C=C\C/C=C\C/C=C\C/C=C\C/C=C\C/C=C\CCCCCCCCCCCCCCCC(=O)OC(COC(=O)CCCCCCCCCCCCCC/C=C\C/C=C\C/C=C\C/C=C\C/C=C\C/C=C\CC)COC(OCC[N+](C)(C)C)C(=O)O. The molecule has 0 aromatic carbocycles. The maximum atomic E-state index is 13.0. The normalized spacial score (nSPS) is 13.6. The average Bonchev–Trinajstić information content (AvgIpc) is 3.46. The van der Waals surface area contributed by atoms with Crippen LogP contribution >= 0.6 is 0 Å². The van der Waals surface area contributed by atoms with Crippen LogP contribution < -0.4 is 0 Å². The van der Waals surface area contributed by atoms with Gasteiger partial charge in [0.15, 0.2) is 6.10 Å². The van der Waals surface area contributed by atoms with E-state index in [1.54, 1.807) is 0 Å². The van der Waals surface area contributed by atoms with E-state index in [2.05, 4.69) is 172 Å². The molecule has 9 nitrogen and oxygen atoms in total. The van der Waals surface area contributed by atoms with E-state index in [9.17, 15) is 19.5 Å². The molecule has 91 heavy (non-hydrogen) atoms. The number of hydrogen-bond donors (Lipinski definition) is 1. The lowest BCUT2D eigenvalue weighted by Gasteiger charge is -2.25. The number of hydrogen-bond acceptors (Lipinski definition) is 7. The first-order chi connectivity index (χ1) is 44.6. The van der Waals surface area contributed by atoms with Gasteiger partial charge in [-0.1, -0.05) is 307 Å². The molecule has 2 unspecified atom stereocenters. The van der Waals surface area contributed by atoms with Crippen LogP contribution in [0.3, 0.4) is 0 Å². The third-order valence-corrected chi connectivity index (χ3v) is 15.3. The maximum absolute atomic E-state index is 13.0. The molecule has 516 valence electrons. The molecule has 0 aliphatic heterocycles. The molecule has 0 aliphatic carbocycles. The van der Waals surface area contributed by atoms with Crippen LogP contribution in [-0.4, -0.2) is 87.4 Å². The predicted molar refractivity (Wildman–Crippen MR) is 391 cm³/mol. The molecule has 9 heteroatoms. The Morgan fingerprint density at radius 1 is 0.330 bits per heavy atom. The zero-order chi connectivity index (χ0) is 66.1. The van der Waals surface area contributed by atoms with Gasteiger partial charge in [0.2, 0.25) is 0 Å². The number of carbonyl (C=O) groups excluding carboxylic acids is 2. The summed E-state index contributed by atoms with van der Waals surface area (Å²) in [5.41, 5.74) is 0. The summed E-state index contributed by atoms with van der Waals surface area (Å²) in [6.07, 6.45) is 102. The Bertz CT molecular complexity index is 2060. The van der Waals surface area contributed by atoms with Gasteiger partial charge in [-0.3, -0.25) is 9.59 Å². The number of quaternary nitrogens is 1. The van der Waals surface area contributed by atoms with Gasteiger partial charge in [-0.15, -0.1) is 0 Å². The second-order valence-corrected chi connectivity index (χ2v) is 25.1. The van der Waals surface area contributed by atoms with Gasteiger partial charge in [0.1, 0.15) is 13.2 Å². The predicted octanol–water partition coefficient (Wildman–Crippen LogP) is 23.2. The van der Waals surface area contributed by atoms with Crippen LogP contribution in [0.2, 0.25) is 0 Å². The number of rotatable bonds is 66. The number of ether oxygens (including phenoxy) is 4. The molecule has 0 aromatic heterocycles. The molecule has 0 fully saturated rings. The van der Waals surface area contributed by atoms with Crippen molar-refractivity contribution in [3.63, 3.8) is 0 Å². The molecule has 0 amide bonds. The zero-order valence-corrected chi connectivity index (χ0v) is 58.9. The van der Waals surface area contributed by atoms with Crippen molar-refractivity contribution >= 4 is 17.9 Å². The minimum atomic E-state index is -1.52. The van der Waals surface area contributed by atoms with E-state index in [4.69, 9.17) is 18.9 Å². The first kappa shape index (κ1) is 85.9. The Labute approximate surface area is 559 Å². The van der Waals surface area contributed by atoms with Gasteiger partial charge in [-0.25, -0.2) is 4.79 Å². The zero-order valence-electron chi connectivity index (χ0n) is 58.9. The number of nitrogens with zero attached hydrogens (tertiary/aromatic N) is 1. The highest BCUT2D eigenvalue weighted by atomic mass is 16.7. The molecule has 2 atom stereocenters. The molecule has 0 aliphatic rings. The highest BCUT2D eigenvalue weighted by Crippen LogP contribution is 2.17. The molecular weight excluding hydrogens is 1130 g/mol. The summed E-state index contributed by atoms with van der Waals surface area (Å²) in [6.45, 7) is 4.65. The Kier molecular flexibility index (Phi) is 66.8. The van der Waals surface area contributed by atoms with Crippen LogP contribution in [0.15, 0.2) is 158 Å². The van der Waals surface area contributed by atoms with Gasteiger partial charge in [0, 0.05) is 12.8 Å². The van der Waals surface area contributed by atoms with Gasteiger partial charge in [-0.2, -0.15) is 0 Å². The van der Waals surface area contributed by atoms with E-state index >= 15 is 0 Å². The molecule has 0 spiro atoms. The molecule has 0 heterocycles. The number of carboxylic acid groups (broad SMARTS) is 1. The van der Waals surface area contributed by atoms with E-state index in [1.807, 2.05) is 21.1 Å². The second kappa shape index (κ2) is 70.8. The van der Waals surface area contributed by atoms with Crippen molar-refractivity contribution in [3.05, 3.63) is 158 Å². The number of unbranched alkanes of at least 4 members (excludes halogenated alkanes) is 25. The molecule has 0 radical (unpaired) electrons. The largest absolute Gasteiger partial charge is 0.477 e. The molecule has 1 N–H and O–H groups in total. The van der Waals surface area contributed by atoms with Crippen LogP contribution in [-0.2, 0) is 33.3 Å². The van der Waals surface area contributed by atoms with Crippen molar-refractivity contribution in [2.75, 3.05) is 47.5 Å². The summed E-state index contributed by atoms with van der Waals surface area (Å²) in [6, 6.07) is 0. The van der Waals surface area contributed by atoms with Gasteiger partial charge in [0.25, 0.3) is 6.29 Å². The number of carboxylic acids is 1. The first-order valence-corrected chi connectivity index (χ1v) is 36.6. The van der Waals surface area contributed by atoms with Crippen molar-refractivity contribution in [3.8, 4) is 0 Å². The van der Waals surface area contributed by atoms with Crippen molar-refractivity contribution in [1.29, 1.82) is 0 Å². The van der Waals surface area contributed by atoms with Crippen LogP contribution in [0.5, 0.6) is 0 Å². The molecule has 0 rings (SSSR count). The lowest BCUT2D eigenvalue weighted by molar-refractivity contribution is -0.870. The summed E-state index contributed by atoms with van der Waals surface area (Å²) in [4.78, 5) is 37.7. The van der Waals surface area contributed by atoms with Crippen molar-refractivity contribution in [2.45, 2.75) is 296 Å². The Balaban J connectivity index is 4.14. The highest BCUT2D eigenvalue weighted by Gasteiger charge is 2.25.